The maximum Gasteiger partial charge on any atom is 0.300 e. The summed E-state index contributed by atoms with van der Waals surface area (Å²) in [6.45, 7) is 0. The molecule has 106 valence electrons. The highest BCUT2D eigenvalue weighted by Gasteiger charge is 2.25. The van der Waals surface area contributed by atoms with E-state index in [-0.39, 0.29) is 8.55 Å². The second-order valence-corrected chi connectivity index (χ2v) is 7.59. The van der Waals surface area contributed by atoms with E-state index in [1.807, 2.05) is 0 Å². The van der Waals surface area contributed by atoms with Gasteiger partial charge in [-0.25, -0.2) is 8.42 Å². The fourth-order valence-electron chi connectivity index (χ4n) is 1.32. The number of rotatable bonds is 4. The minimum Gasteiger partial charge on any atom is -0.279 e. The zero-order chi connectivity index (χ0) is 14.9. The molecule has 0 aliphatic carbocycles. The van der Waals surface area contributed by atoms with Crippen molar-refractivity contribution in [2.75, 3.05) is 4.72 Å². The van der Waals surface area contributed by atoms with E-state index in [4.69, 9.17) is 23.2 Å². The maximum atomic E-state index is 12.1. The van der Waals surface area contributed by atoms with Gasteiger partial charge in [-0.3, -0.25) is 14.8 Å². The van der Waals surface area contributed by atoms with Crippen molar-refractivity contribution in [3.8, 4) is 0 Å². The molecule has 2 aromatic rings. The minimum absolute atomic E-state index is 0.188. The third-order valence-corrected chi connectivity index (χ3v) is 5.65. The van der Waals surface area contributed by atoms with E-state index in [1.165, 1.54) is 24.3 Å². The SMILES string of the molecule is O=[N+]([O-])c1cc(S(=O)(=O)Nc2ccc(Cl)cc2)sc1Cl. The molecule has 0 fully saturated rings. The highest BCUT2D eigenvalue weighted by atomic mass is 35.5. The van der Waals surface area contributed by atoms with Crippen molar-refractivity contribution in [1.29, 1.82) is 0 Å². The summed E-state index contributed by atoms with van der Waals surface area (Å²) in [5.41, 5.74) is -0.144. The Morgan fingerprint density at radius 2 is 1.80 bits per heavy atom. The molecule has 0 amide bonds. The Balaban J connectivity index is 2.33. The second-order valence-electron chi connectivity index (χ2n) is 3.59. The number of sulfonamides is 1. The van der Waals surface area contributed by atoms with Crippen molar-refractivity contribution in [2.24, 2.45) is 0 Å². The first-order valence-electron chi connectivity index (χ1n) is 5.02. The number of benzene rings is 1. The Labute approximate surface area is 128 Å². The van der Waals surface area contributed by atoms with Crippen LogP contribution in [-0.2, 0) is 10.0 Å². The molecule has 6 nitrogen and oxygen atoms in total. The van der Waals surface area contributed by atoms with Crippen LogP contribution in [0.25, 0.3) is 0 Å². The molecule has 0 aliphatic heterocycles. The molecule has 0 bridgehead atoms. The lowest BCUT2D eigenvalue weighted by molar-refractivity contribution is -0.384. The molecule has 0 unspecified atom stereocenters. The van der Waals surface area contributed by atoms with Gasteiger partial charge in [0.15, 0.2) is 4.34 Å². The number of anilines is 1. The standard InChI is InChI=1S/C10H6Cl2N2O4S2/c11-6-1-3-7(4-2-6)13-20(17,18)9-5-8(14(15)16)10(12)19-9/h1-5,13H. The summed E-state index contributed by atoms with van der Waals surface area (Å²) < 4.78 is 26.0. The summed E-state index contributed by atoms with van der Waals surface area (Å²) in [7, 11) is -3.92. The number of nitrogens with one attached hydrogen (secondary N) is 1. The molecular formula is C10H6Cl2N2O4S2. The van der Waals surface area contributed by atoms with E-state index in [2.05, 4.69) is 4.72 Å². The summed E-state index contributed by atoms with van der Waals surface area (Å²) >= 11 is 11.9. The highest BCUT2D eigenvalue weighted by molar-refractivity contribution is 7.94. The summed E-state index contributed by atoms with van der Waals surface area (Å²) in [6.07, 6.45) is 0. The molecule has 0 aliphatic rings. The van der Waals surface area contributed by atoms with Gasteiger partial charge in [0.25, 0.3) is 15.7 Å². The van der Waals surface area contributed by atoms with Gasteiger partial charge < -0.3 is 0 Å². The first-order chi connectivity index (χ1) is 9.29. The van der Waals surface area contributed by atoms with Crippen LogP contribution < -0.4 is 4.72 Å². The van der Waals surface area contributed by atoms with Gasteiger partial charge in [0.2, 0.25) is 0 Å². The van der Waals surface area contributed by atoms with Crippen LogP contribution in [0, 0.1) is 10.1 Å². The van der Waals surface area contributed by atoms with E-state index in [0.717, 1.165) is 6.07 Å². The summed E-state index contributed by atoms with van der Waals surface area (Å²) in [5.74, 6) is 0. The van der Waals surface area contributed by atoms with E-state index < -0.39 is 20.6 Å². The van der Waals surface area contributed by atoms with Gasteiger partial charge in [0, 0.05) is 16.8 Å². The minimum atomic E-state index is -3.92. The first kappa shape index (κ1) is 15.0. The molecule has 0 saturated heterocycles. The largest absolute Gasteiger partial charge is 0.300 e. The van der Waals surface area contributed by atoms with Crippen LogP contribution in [0.1, 0.15) is 0 Å². The van der Waals surface area contributed by atoms with Crippen LogP contribution >= 0.6 is 34.5 Å². The van der Waals surface area contributed by atoms with Crippen LogP contribution in [0.4, 0.5) is 11.4 Å². The highest BCUT2D eigenvalue weighted by Crippen LogP contribution is 2.36. The zero-order valence-electron chi connectivity index (χ0n) is 9.54. The van der Waals surface area contributed by atoms with E-state index in [9.17, 15) is 18.5 Å². The Bertz CT molecular complexity index is 756. The number of hydrogen-bond donors (Lipinski definition) is 1. The fraction of sp³-hybridized carbons (Fsp3) is 0. The quantitative estimate of drug-likeness (QED) is 0.669. The van der Waals surface area contributed by atoms with Gasteiger partial charge >= 0.3 is 0 Å². The number of nitro groups is 1. The molecule has 1 aromatic carbocycles. The van der Waals surface area contributed by atoms with Crippen LogP contribution in [0.2, 0.25) is 9.36 Å². The lowest BCUT2D eigenvalue weighted by Gasteiger charge is -2.05. The Morgan fingerprint density at radius 3 is 2.30 bits per heavy atom. The fourth-order valence-corrected chi connectivity index (χ4v) is 4.17. The summed E-state index contributed by atoms with van der Waals surface area (Å²) in [4.78, 5) is 9.92. The van der Waals surface area contributed by atoms with E-state index >= 15 is 0 Å². The molecule has 1 aromatic heterocycles. The van der Waals surface area contributed by atoms with Crippen LogP contribution in [0.3, 0.4) is 0 Å². The van der Waals surface area contributed by atoms with Crippen molar-refractivity contribution in [1.82, 2.24) is 0 Å². The molecule has 0 spiro atoms. The van der Waals surface area contributed by atoms with Crippen molar-refractivity contribution in [3.05, 3.63) is 49.8 Å². The number of thiophene rings is 1. The molecule has 0 saturated carbocycles. The van der Waals surface area contributed by atoms with Crippen molar-refractivity contribution < 1.29 is 13.3 Å². The van der Waals surface area contributed by atoms with Gasteiger partial charge in [-0.2, -0.15) is 0 Å². The zero-order valence-corrected chi connectivity index (χ0v) is 12.7. The third kappa shape index (κ3) is 3.21. The summed E-state index contributed by atoms with van der Waals surface area (Å²) in [6, 6.07) is 6.91. The average molecular weight is 353 g/mol. The molecule has 1 N–H and O–H groups in total. The first-order valence-corrected chi connectivity index (χ1v) is 8.07. The lowest BCUT2D eigenvalue weighted by Crippen LogP contribution is -2.11. The molecular weight excluding hydrogens is 347 g/mol. The van der Waals surface area contributed by atoms with E-state index in [1.54, 1.807) is 0 Å². The lowest BCUT2D eigenvalue weighted by atomic mass is 10.3. The van der Waals surface area contributed by atoms with Gasteiger partial charge in [-0.1, -0.05) is 23.2 Å². The number of halogens is 2. The smallest absolute Gasteiger partial charge is 0.279 e. The normalized spacial score (nSPS) is 11.3. The Kier molecular flexibility index (Phi) is 4.19. The molecule has 1 heterocycles. The predicted molar refractivity (Wildman–Crippen MR) is 78.2 cm³/mol. The number of hydrogen-bond acceptors (Lipinski definition) is 5. The Hall–Kier alpha value is -1.35. The van der Waals surface area contributed by atoms with Gasteiger partial charge in [-0.05, 0) is 24.3 Å². The molecule has 0 atom stereocenters. The molecule has 20 heavy (non-hydrogen) atoms. The third-order valence-electron chi connectivity index (χ3n) is 2.20. The molecule has 10 heteroatoms. The van der Waals surface area contributed by atoms with Crippen LogP contribution in [0.5, 0.6) is 0 Å². The average Bonchev–Trinajstić information content (AvgIpc) is 2.75. The molecule has 2 rings (SSSR count). The van der Waals surface area contributed by atoms with Crippen molar-refractivity contribution in [3.63, 3.8) is 0 Å². The van der Waals surface area contributed by atoms with Crippen molar-refractivity contribution >= 4 is 55.9 Å². The predicted octanol–water partition coefficient (Wildman–Crippen LogP) is 3.76. The van der Waals surface area contributed by atoms with Gasteiger partial charge in [-0.15, -0.1) is 11.3 Å². The van der Waals surface area contributed by atoms with Crippen LogP contribution in [-0.4, -0.2) is 13.3 Å². The van der Waals surface area contributed by atoms with E-state index in [0.29, 0.717) is 22.0 Å². The number of nitrogens with zero attached hydrogens (tertiary/aromatic N) is 1. The Morgan fingerprint density at radius 1 is 1.20 bits per heavy atom. The monoisotopic (exact) mass is 352 g/mol. The van der Waals surface area contributed by atoms with Crippen LogP contribution in [0.15, 0.2) is 34.5 Å². The second kappa shape index (κ2) is 5.57. The topological polar surface area (TPSA) is 89.3 Å². The van der Waals surface area contributed by atoms with Crippen molar-refractivity contribution in [2.45, 2.75) is 4.21 Å². The van der Waals surface area contributed by atoms with Gasteiger partial charge in [0.05, 0.1) is 4.92 Å². The molecule has 0 radical (unpaired) electrons. The van der Waals surface area contributed by atoms with Gasteiger partial charge in [0.1, 0.15) is 4.21 Å². The summed E-state index contributed by atoms with van der Waals surface area (Å²) in [5, 5.41) is 11.1. The maximum absolute atomic E-state index is 12.1.